The Balaban J connectivity index is 2.43. The first-order valence-corrected chi connectivity index (χ1v) is 5.62. The highest BCUT2D eigenvalue weighted by molar-refractivity contribution is 14.1. The van der Waals surface area contributed by atoms with E-state index in [1.54, 1.807) is 6.08 Å². The lowest BCUT2D eigenvalue weighted by atomic mass is 10.3. The number of nitrogens with zero attached hydrogens (tertiary/aromatic N) is 1. The molecule has 1 unspecified atom stereocenters. The Kier molecular flexibility index (Phi) is 3.26. The van der Waals surface area contributed by atoms with E-state index >= 15 is 0 Å². The number of ether oxygens (including phenoxy) is 1. The summed E-state index contributed by atoms with van der Waals surface area (Å²) in [4.78, 5) is 24.9. The van der Waals surface area contributed by atoms with Crippen molar-refractivity contribution < 1.29 is 9.84 Å². The molecule has 1 aliphatic heterocycles. The van der Waals surface area contributed by atoms with E-state index in [-0.39, 0.29) is 6.61 Å². The minimum atomic E-state index is -0.556. The van der Waals surface area contributed by atoms with Crippen LogP contribution in [0.3, 0.4) is 0 Å². The average Bonchev–Trinajstić information content (AvgIpc) is 2.71. The number of aliphatic hydroxyl groups excluding tert-OH is 1. The smallest absolute Gasteiger partial charge is 0.330 e. The second kappa shape index (κ2) is 4.52. The van der Waals surface area contributed by atoms with E-state index in [0.29, 0.717) is 10.2 Å². The van der Waals surface area contributed by atoms with Crippen molar-refractivity contribution in [2.75, 3.05) is 13.2 Å². The predicted molar refractivity (Wildman–Crippen MR) is 64.2 cm³/mol. The van der Waals surface area contributed by atoms with Gasteiger partial charge in [0.05, 0.1) is 16.8 Å². The lowest BCUT2D eigenvalue weighted by Crippen LogP contribution is -2.33. The number of aromatic nitrogens is 2. The SMILES string of the molecule is O=c1[nH]c(=O)n(C2C=C(CO)CO2)cc1I. The Bertz CT molecular complexity index is 545. The summed E-state index contributed by atoms with van der Waals surface area (Å²) in [6.07, 6.45) is 2.54. The maximum absolute atomic E-state index is 11.5. The zero-order chi connectivity index (χ0) is 11.7. The second-order valence-corrected chi connectivity index (χ2v) is 4.49. The van der Waals surface area contributed by atoms with Crippen molar-refractivity contribution in [1.82, 2.24) is 9.55 Å². The van der Waals surface area contributed by atoms with Gasteiger partial charge >= 0.3 is 5.69 Å². The number of aromatic amines is 1. The van der Waals surface area contributed by atoms with Gasteiger partial charge in [0.1, 0.15) is 0 Å². The van der Waals surface area contributed by atoms with Gasteiger partial charge in [0.25, 0.3) is 5.56 Å². The maximum Gasteiger partial charge on any atom is 0.330 e. The molecule has 86 valence electrons. The van der Waals surface area contributed by atoms with Gasteiger partial charge in [-0.1, -0.05) is 0 Å². The van der Waals surface area contributed by atoms with Crippen LogP contribution in [0.5, 0.6) is 0 Å². The topological polar surface area (TPSA) is 84.3 Å². The lowest BCUT2D eigenvalue weighted by Gasteiger charge is -2.11. The van der Waals surface area contributed by atoms with Gasteiger partial charge in [-0.3, -0.25) is 14.3 Å². The number of hydrogen-bond donors (Lipinski definition) is 2. The number of halogens is 1. The standard InChI is InChI=1S/C9H9IN2O4/c10-6-2-12(9(15)11-8(6)14)7-1-5(3-13)4-16-7/h1-2,7,13H,3-4H2,(H,11,14,15). The zero-order valence-electron chi connectivity index (χ0n) is 8.14. The van der Waals surface area contributed by atoms with E-state index in [0.717, 1.165) is 5.57 Å². The van der Waals surface area contributed by atoms with Gasteiger partial charge in [0.2, 0.25) is 0 Å². The summed E-state index contributed by atoms with van der Waals surface area (Å²) in [5, 5.41) is 8.90. The van der Waals surface area contributed by atoms with Crippen LogP contribution in [0.2, 0.25) is 0 Å². The summed E-state index contributed by atoms with van der Waals surface area (Å²) in [5.41, 5.74) is -0.213. The van der Waals surface area contributed by atoms with Crippen molar-refractivity contribution in [3.63, 3.8) is 0 Å². The summed E-state index contributed by atoms with van der Waals surface area (Å²) in [7, 11) is 0. The fraction of sp³-hybridized carbons (Fsp3) is 0.333. The highest BCUT2D eigenvalue weighted by atomic mass is 127. The van der Waals surface area contributed by atoms with Gasteiger partial charge in [-0.25, -0.2) is 4.79 Å². The van der Waals surface area contributed by atoms with Gasteiger partial charge in [-0.15, -0.1) is 0 Å². The molecule has 0 spiro atoms. The number of hydrogen-bond acceptors (Lipinski definition) is 4. The molecule has 16 heavy (non-hydrogen) atoms. The Morgan fingerprint density at radius 2 is 2.38 bits per heavy atom. The molecule has 6 nitrogen and oxygen atoms in total. The molecule has 0 fully saturated rings. The van der Waals surface area contributed by atoms with Crippen LogP contribution in [0.25, 0.3) is 0 Å². The van der Waals surface area contributed by atoms with Crippen LogP contribution >= 0.6 is 22.6 Å². The third-order valence-electron chi connectivity index (χ3n) is 2.22. The average molecular weight is 336 g/mol. The Labute approximate surface area is 104 Å². The van der Waals surface area contributed by atoms with E-state index in [1.165, 1.54) is 10.8 Å². The number of H-pyrrole nitrogens is 1. The number of aliphatic hydroxyl groups is 1. The summed E-state index contributed by atoms with van der Waals surface area (Å²) in [6, 6.07) is 0. The lowest BCUT2D eigenvalue weighted by molar-refractivity contribution is 0.0678. The molecule has 0 amide bonds. The van der Waals surface area contributed by atoms with Crippen molar-refractivity contribution in [3.8, 4) is 0 Å². The maximum atomic E-state index is 11.5. The van der Waals surface area contributed by atoms with Crippen molar-refractivity contribution in [2.45, 2.75) is 6.23 Å². The summed E-state index contributed by atoms with van der Waals surface area (Å²) in [6.45, 7) is 0.203. The highest BCUT2D eigenvalue weighted by Gasteiger charge is 2.19. The van der Waals surface area contributed by atoms with Crippen LogP contribution in [-0.4, -0.2) is 27.9 Å². The van der Waals surface area contributed by atoms with Gasteiger partial charge in [0, 0.05) is 6.20 Å². The zero-order valence-corrected chi connectivity index (χ0v) is 10.3. The Morgan fingerprint density at radius 3 is 3.00 bits per heavy atom. The van der Waals surface area contributed by atoms with Gasteiger partial charge in [-0.2, -0.15) is 0 Å². The molecule has 1 atom stereocenters. The Hall–Kier alpha value is -0.930. The van der Waals surface area contributed by atoms with E-state index < -0.39 is 17.5 Å². The van der Waals surface area contributed by atoms with Crippen molar-refractivity contribution >= 4 is 22.6 Å². The first-order valence-electron chi connectivity index (χ1n) is 4.55. The molecule has 7 heteroatoms. The number of nitrogens with one attached hydrogen (secondary N) is 1. The molecule has 0 aromatic carbocycles. The minimum Gasteiger partial charge on any atom is -0.392 e. The number of rotatable bonds is 2. The van der Waals surface area contributed by atoms with Crippen LogP contribution < -0.4 is 11.2 Å². The molecule has 0 aliphatic carbocycles. The van der Waals surface area contributed by atoms with Gasteiger partial charge in [0.15, 0.2) is 6.23 Å². The summed E-state index contributed by atoms with van der Waals surface area (Å²) in [5.74, 6) is 0. The molecular formula is C9H9IN2O4. The quantitative estimate of drug-likeness (QED) is 0.568. The van der Waals surface area contributed by atoms with Crippen molar-refractivity contribution in [3.05, 3.63) is 42.3 Å². The normalized spacial score (nSPS) is 19.9. The molecule has 0 saturated heterocycles. The van der Waals surface area contributed by atoms with E-state index in [1.807, 2.05) is 22.6 Å². The van der Waals surface area contributed by atoms with Gasteiger partial charge < -0.3 is 9.84 Å². The van der Waals surface area contributed by atoms with Crippen LogP contribution in [0, 0.1) is 3.57 Å². The Morgan fingerprint density at radius 1 is 1.62 bits per heavy atom. The molecule has 1 aromatic heterocycles. The van der Waals surface area contributed by atoms with Crippen molar-refractivity contribution in [1.29, 1.82) is 0 Å². The van der Waals surface area contributed by atoms with Crippen LogP contribution in [0.15, 0.2) is 27.4 Å². The molecular weight excluding hydrogens is 327 g/mol. The highest BCUT2D eigenvalue weighted by Crippen LogP contribution is 2.19. The molecule has 0 bridgehead atoms. The predicted octanol–water partition coefficient (Wildman–Crippen LogP) is -0.411. The van der Waals surface area contributed by atoms with E-state index in [9.17, 15) is 9.59 Å². The molecule has 2 heterocycles. The largest absolute Gasteiger partial charge is 0.392 e. The first-order chi connectivity index (χ1) is 7.61. The minimum absolute atomic E-state index is 0.0916. The van der Waals surface area contributed by atoms with E-state index in [4.69, 9.17) is 9.84 Å². The first kappa shape index (κ1) is 11.6. The van der Waals surface area contributed by atoms with Crippen LogP contribution in [0.1, 0.15) is 6.23 Å². The molecule has 0 radical (unpaired) electrons. The molecule has 1 aliphatic rings. The molecule has 2 rings (SSSR count). The molecule has 1 aromatic rings. The summed E-state index contributed by atoms with van der Waals surface area (Å²) >= 11 is 1.84. The van der Waals surface area contributed by atoms with E-state index in [2.05, 4.69) is 4.98 Å². The summed E-state index contributed by atoms with van der Waals surface area (Å²) < 4.78 is 7.00. The fourth-order valence-corrected chi connectivity index (χ4v) is 1.83. The second-order valence-electron chi connectivity index (χ2n) is 3.33. The fourth-order valence-electron chi connectivity index (χ4n) is 1.40. The monoisotopic (exact) mass is 336 g/mol. The van der Waals surface area contributed by atoms with Gasteiger partial charge in [-0.05, 0) is 34.2 Å². The third kappa shape index (κ3) is 2.11. The third-order valence-corrected chi connectivity index (χ3v) is 2.99. The van der Waals surface area contributed by atoms with Crippen molar-refractivity contribution in [2.24, 2.45) is 0 Å². The molecule has 2 N–H and O–H groups in total. The van der Waals surface area contributed by atoms with Crippen LogP contribution in [0.4, 0.5) is 0 Å². The van der Waals surface area contributed by atoms with Crippen LogP contribution in [-0.2, 0) is 4.74 Å². The molecule has 0 saturated carbocycles.